The quantitative estimate of drug-likeness (QED) is 0.687. The number of hydrogen-bond donors (Lipinski definition) is 0. The van der Waals surface area contributed by atoms with Crippen LogP contribution in [0.4, 0.5) is 0 Å². The minimum absolute atomic E-state index is 0.116. The van der Waals surface area contributed by atoms with E-state index in [4.69, 9.17) is 9.47 Å². The molecule has 0 radical (unpaired) electrons. The smallest absolute Gasteiger partial charge is 0.159 e. The van der Waals surface area contributed by atoms with Gasteiger partial charge in [-0.05, 0) is 40.2 Å². The van der Waals surface area contributed by atoms with Crippen LogP contribution in [-0.4, -0.2) is 29.3 Å². The van der Waals surface area contributed by atoms with Crippen LogP contribution in [-0.2, 0) is 16.0 Å². The molecule has 0 fully saturated rings. The molecule has 0 aliphatic heterocycles. The summed E-state index contributed by atoms with van der Waals surface area (Å²) in [4.78, 5) is 0. The largest absolute Gasteiger partial charge is 0.353 e. The molecule has 1 rings (SSSR count). The molecule has 0 amide bonds. The highest BCUT2D eigenvalue weighted by Crippen LogP contribution is 2.12. The molecule has 0 N–H and O–H groups in total. The minimum atomic E-state index is -0.116. The molecular formula is C13H24N2O2. The molecule has 0 atom stereocenters. The highest BCUT2D eigenvalue weighted by molar-refractivity contribution is 5.21. The molecule has 98 valence electrons. The van der Waals surface area contributed by atoms with Gasteiger partial charge in [0.15, 0.2) is 6.29 Å². The molecule has 1 aromatic rings. The standard InChI is InChI=1S/C13H24N2O2/c1-6-16-13(17-7-2)8-9-15-12(5)10(3)11(4)14-15/h13H,6-9H2,1-5H3. The number of rotatable bonds is 7. The van der Waals surface area contributed by atoms with Crippen molar-refractivity contribution in [3.8, 4) is 0 Å². The van der Waals surface area contributed by atoms with Crippen LogP contribution in [0.25, 0.3) is 0 Å². The lowest BCUT2D eigenvalue weighted by Gasteiger charge is -2.17. The predicted octanol–water partition coefficient (Wildman–Crippen LogP) is 2.60. The lowest BCUT2D eigenvalue weighted by atomic mass is 10.2. The van der Waals surface area contributed by atoms with Crippen molar-refractivity contribution < 1.29 is 9.47 Å². The molecule has 1 heterocycles. The Bertz CT molecular complexity index is 341. The fourth-order valence-electron chi connectivity index (χ4n) is 1.82. The molecule has 4 heteroatoms. The number of hydrogen-bond acceptors (Lipinski definition) is 3. The predicted molar refractivity (Wildman–Crippen MR) is 68.1 cm³/mol. The van der Waals surface area contributed by atoms with Crippen LogP contribution in [0.3, 0.4) is 0 Å². The molecule has 0 saturated heterocycles. The molecule has 17 heavy (non-hydrogen) atoms. The summed E-state index contributed by atoms with van der Waals surface area (Å²) in [6.45, 7) is 12.4. The van der Waals surface area contributed by atoms with Crippen LogP contribution >= 0.6 is 0 Å². The Hall–Kier alpha value is -0.870. The third-order valence-corrected chi connectivity index (χ3v) is 3.03. The van der Waals surface area contributed by atoms with Gasteiger partial charge in [0, 0.05) is 31.9 Å². The second kappa shape index (κ2) is 6.77. The van der Waals surface area contributed by atoms with Gasteiger partial charge in [0.1, 0.15) is 0 Å². The first kappa shape index (κ1) is 14.2. The molecule has 0 aromatic carbocycles. The summed E-state index contributed by atoms with van der Waals surface area (Å²) in [6, 6.07) is 0. The summed E-state index contributed by atoms with van der Waals surface area (Å²) in [5, 5.41) is 4.51. The molecular weight excluding hydrogens is 216 g/mol. The van der Waals surface area contributed by atoms with Crippen LogP contribution in [0.5, 0.6) is 0 Å². The fourth-order valence-corrected chi connectivity index (χ4v) is 1.82. The second-order valence-electron chi connectivity index (χ2n) is 4.15. The Labute approximate surface area is 104 Å². The fraction of sp³-hybridized carbons (Fsp3) is 0.769. The van der Waals surface area contributed by atoms with Crippen molar-refractivity contribution in [2.24, 2.45) is 0 Å². The third kappa shape index (κ3) is 3.82. The van der Waals surface area contributed by atoms with Crippen LogP contribution in [0.2, 0.25) is 0 Å². The van der Waals surface area contributed by atoms with Gasteiger partial charge >= 0.3 is 0 Å². The maximum absolute atomic E-state index is 5.52. The number of aryl methyl sites for hydroxylation is 2. The van der Waals surface area contributed by atoms with Crippen LogP contribution < -0.4 is 0 Å². The van der Waals surface area contributed by atoms with Crippen LogP contribution in [0, 0.1) is 20.8 Å². The molecule has 4 nitrogen and oxygen atoms in total. The van der Waals surface area contributed by atoms with Gasteiger partial charge in [-0.3, -0.25) is 4.68 Å². The van der Waals surface area contributed by atoms with E-state index >= 15 is 0 Å². The molecule has 0 aliphatic rings. The average Bonchev–Trinajstić information content (AvgIpc) is 2.54. The minimum Gasteiger partial charge on any atom is -0.353 e. The molecule has 0 bridgehead atoms. The zero-order valence-corrected chi connectivity index (χ0v) is 11.6. The van der Waals surface area contributed by atoms with Crippen molar-refractivity contribution >= 4 is 0 Å². The van der Waals surface area contributed by atoms with Gasteiger partial charge in [-0.25, -0.2) is 0 Å². The topological polar surface area (TPSA) is 36.3 Å². The zero-order chi connectivity index (χ0) is 12.8. The maximum atomic E-state index is 5.52. The van der Waals surface area contributed by atoms with E-state index in [1.54, 1.807) is 0 Å². The summed E-state index contributed by atoms with van der Waals surface area (Å²) in [5.74, 6) is 0. The Morgan fingerprint density at radius 1 is 1.12 bits per heavy atom. The van der Waals surface area contributed by atoms with E-state index in [9.17, 15) is 0 Å². The first-order valence-electron chi connectivity index (χ1n) is 6.33. The Kier molecular flexibility index (Phi) is 5.65. The monoisotopic (exact) mass is 240 g/mol. The highest BCUT2D eigenvalue weighted by atomic mass is 16.7. The van der Waals surface area contributed by atoms with Crippen molar-refractivity contribution in [1.82, 2.24) is 9.78 Å². The van der Waals surface area contributed by atoms with E-state index < -0.39 is 0 Å². The number of aromatic nitrogens is 2. The van der Waals surface area contributed by atoms with Gasteiger partial charge in [-0.1, -0.05) is 0 Å². The summed E-state index contributed by atoms with van der Waals surface area (Å²) in [7, 11) is 0. The van der Waals surface area contributed by atoms with E-state index in [-0.39, 0.29) is 6.29 Å². The van der Waals surface area contributed by atoms with E-state index in [0.29, 0.717) is 13.2 Å². The molecule has 0 spiro atoms. The first-order valence-corrected chi connectivity index (χ1v) is 6.33. The molecule has 0 aliphatic carbocycles. The third-order valence-electron chi connectivity index (χ3n) is 3.03. The van der Waals surface area contributed by atoms with Crippen molar-refractivity contribution in [2.75, 3.05) is 13.2 Å². The first-order chi connectivity index (χ1) is 8.10. The molecule has 0 saturated carbocycles. The van der Waals surface area contributed by atoms with Crippen molar-refractivity contribution in [3.63, 3.8) is 0 Å². The second-order valence-corrected chi connectivity index (χ2v) is 4.15. The van der Waals surface area contributed by atoms with E-state index in [1.165, 1.54) is 11.3 Å². The molecule has 1 aromatic heterocycles. The lowest BCUT2D eigenvalue weighted by molar-refractivity contribution is -0.141. The zero-order valence-electron chi connectivity index (χ0n) is 11.6. The summed E-state index contributed by atoms with van der Waals surface area (Å²) in [6.07, 6.45) is 0.720. The van der Waals surface area contributed by atoms with Gasteiger partial charge in [-0.15, -0.1) is 0 Å². The van der Waals surface area contributed by atoms with E-state index in [1.807, 2.05) is 25.5 Å². The normalized spacial score (nSPS) is 11.4. The summed E-state index contributed by atoms with van der Waals surface area (Å²) in [5.41, 5.74) is 3.61. The summed E-state index contributed by atoms with van der Waals surface area (Å²) >= 11 is 0. The van der Waals surface area contributed by atoms with Gasteiger partial charge in [0.25, 0.3) is 0 Å². The Balaban J connectivity index is 2.55. The SMILES string of the molecule is CCOC(CCn1nc(C)c(C)c1C)OCC. The summed E-state index contributed by atoms with van der Waals surface area (Å²) < 4.78 is 13.1. The van der Waals surface area contributed by atoms with Crippen LogP contribution in [0.15, 0.2) is 0 Å². The van der Waals surface area contributed by atoms with Gasteiger partial charge in [0.2, 0.25) is 0 Å². The van der Waals surface area contributed by atoms with Crippen molar-refractivity contribution in [2.45, 2.75) is 53.9 Å². The lowest BCUT2D eigenvalue weighted by Crippen LogP contribution is -2.20. The average molecular weight is 240 g/mol. The maximum Gasteiger partial charge on any atom is 0.159 e. The van der Waals surface area contributed by atoms with Gasteiger partial charge < -0.3 is 9.47 Å². The number of ether oxygens (including phenoxy) is 2. The van der Waals surface area contributed by atoms with Gasteiger partial charge in [-0.2, -0.15) is 5.10 Å². The Morgan fingerprint density at radius 2 is 1.71 bits per heavy atom. The van der Waals surface area contributed by atoms with Crippen molar-refractivity contribution in [1.29, 1.82) is 0 Å². The van der Waals surface area contributed by atoms with Crippen molar-refractivity contribution in [3.05, 3.63) is 17.0 Å². The van der Waals surface area contributed by atoms with Crippen LogP contribution in [0.1, 0.15) is 37.2 Å². The Morgan fingerprint density at radius 3 is 2.12 bits per heavy atom. The van der Waals surface area contributed by atoms with Gasteiger partial charge in [0.05, 0.1) is 5.69 Å². The molecule has 0 unspecified atom stereocenters. The highest BCUT2D eigenvalue weighted by Gasteiger charge is 2.11. The number of nitrogens with zero attached hydrogens (tertiary/aromatic N) is 2. The van der Waals surface area contributed by atoms with E-state index in [2.05, 4.69) is 18.9 Å². The van der Waals surface area contributed by atoms with E-state index in [0.717, 1.165) is 18.7 Å².